The van der Waals surface area contributed by atoms with Crippen molar-refractivity contribution in [3.8, 4) is 0 Å². The van der Waals surface area contributed by atoms with Gasteiger partial charge in [0.1, 0.15) is 17.3 Å². The number of nitrogens with one attached hydrogen (secondary N) is 1. The molecule has 2 saturated heterocycles. The largest absolute Gasteiger partial charge is 0.447 e. The molecule has 8 heteroatoms. The summed E-state index contributed by atoms with van der Waals surface area (Å²) >= 11 is 0. The monoisotopic (exact) mass is 518 g/mol. The number of benzene rings is 2. The molecule has 1 aliphatic carbocycles. The molecule has 7 nitrogen and oxygen atoms in total. The average Bonchev–Trinajstić information content (AvgIpc) is 3.65. The fraction of sp³-hybridized carbons (Fsp3) is 0.433. The molecule has 38 heavy (non-hydrogen) atoms. The van der Waals surface area contributed by atoms with Gasteiger partial charge in [-0.3, -0.25) is 14.4 Å². The quantitative estimate of drug-likeness (QED) is 0.460. The van der Waals surface area contributed by atoms with Crippen molar-refractivity contribution >= 4 is 23.5 Å². The van der Waals surface area contributed by atoms with Crippen LogP contribution >= 0.6 is 0 Å². The maximum Gasteiger partial charge on any atom is 0.314 e. The fourth-order valence-electron chi connectivity index (χ4n) is 6.58. The first-order chi connectivity index (χ1) is 18.3. The predicted molar refractivity (Wildman–Crippen MR) is 138 cm³/mol. The second kappa shape index (κ2) is 9.34. The van der Waals surface area contributed by atoms with Crippen LogP contribution in [0.1, 0.15) is 48.5 Å². The lowest BCUT2D eigenvalue weighted by molar-refractivity contribution is -0.163. The molecule has 1 N–H and O–H groups in total. The van der Waals surface area contributed by atoms with Crippen LogP contribution in [0, 0.1) is 31.5 Å². The van der Waals surface area contributed by atoms with Crippen molar-refractivity contribution < 1.29 is 28.2 Å². The highest BCUT2D eigenvalue weighted by atomic mass is 19.1. The SMILES string of the molecule is Cc1cc(C)cc(N2C[C@]34C=C[C@H](O3)[C@H](C(=O)O[C@H](C(=O)NC3CCCC3)c3ccccc3F)[C@@H]4C2=O)c1. The van der Waals surface area contributed by atoms with Gasteiger partial charge in [0, 0.05) is 17.3 Å². The molecule has 6 rings (SSSR count). The van der Waals surface area contributed by atoms with Crippen molar-refractivity contribution in [2.75, 3.05) is 11.4 Å². The number of esters is 1. The molecule has 2 aromatic carbocycles. The van der Waals surface area contributed by atoms with Crippen LogP contribution in [0.2, 0.25) is 0 Å². The highest BCUT2D eigenvalue weighted by Gasteiger charge is 2.67. The van der Waals surface area contributed by atoms with Crippen LogP contribution in [-0.2, 0) is 23.9 Å². The molecule has 2 amide bonds. The summed E-state index contributed by atoms with van der Waals surface area (Å²) in [4.78, 5) is 42.4. The number of nitrogens with zero attached hydrogens (tertiary/aromatic N) is 1. The van der Waals surface area contributed by atoms with Gasteiger partial charge in [-0.25, -0.2) is 4.39 Å². The van der Waals surface area contributed by atoms with Crippen LogP contribution in [0.5, 0.6) is 0 Å². The summed E-state index contributed by atoms with van der Waals surface area (Å²) in [5.74, 6) is -3.87. The summed E-state index contributed by atoms with van der Waals surface area (Å²) in [5.41, 5.74) is 1.85. The number of anilines is 1. The first kappa shape index (κ1) is 24.8. The molecule has 0 aromatic heterocycles. The lowest BCUT2D eigenvalue weighted by Gasteiger charge is -2.26. The van der Waals surface area contributed by atoms with Crippen LogP contribution in [-0.4, -0.2) is 42.1 Å². The minimum atomic E-state index is -1.46. The molecule has 0 unspecified atom stereocenters. The summed E-state index contributed by atoms with van der Waals surface area (Å²) in [5, 5.41) is 2.92. The number of rotatable bonds is 6. The zero-order chi connectivity index (χ0) is 26.6. The second-order valence-electron chi connectivity index (χ2n) is 11.0. The van der Waals surface area contributed by atoms with E-state index < -0.39 is 47.3 Å². The van der Waals surface area contributed by atoms with E-state index in [1.165, 1.54) is 18.2 Å². The average molecular weight is 519 g/mol. The van der Waals surface area contributed by atoms with E-state index in [0.29, 0.717) is 0 Å². The Hall–Kier alpha value is -3.52. The molecule has 4 aliphatic rings. The molecule has 5 atom stereocenters. The Morgan fingerprint density at radius 2 is 1.84 bits per heavy atom. The first-order valence-corrected chi connectivity index (χ1v) is 13.3. The van der Waals surface area contributed by atoms with Crippen LogP contribution in [0.25, 0.3) is 0 Å². The Morgan fingerprint density at radius 1 is 1.13 bits per heavy atom. The van der Waals surface area contributed by atoms with E-state index >= 15 is 0 Å². The van der Waals surface area contributed by atoms with Gasteiger partial charge in [-0.05, 0) is 56.0 Å². The number of amides is 2. The number of aryl methyl sites for hydroxylation is 2. The van der Waals surface area contributed by atoms with E-state index in [-0.39, 0.29) is 24.1 Å². The van der Waals surface area contributed by atoms with Crippen LogP contribution < -0.4 is 10.2 Å². The van der Waals surface area contributed by atoms with Gasteiger partial charge in [0.15, 0.2) is 0 Å². The maximum atomic E-state index is 14.8. The normalized spacial score (nSPS) is 28.6. The lowest BCUT2D eigenvalue weighted by atomic mass is 9.77. The smallest absolute Gasteiger partial charge is 0.314 e. The number of hydrogen-bond donors (Lipinski definition) is 1. The summed E-state index contributed by atoms with van der Waals surface area (Å²) in [6, 6.07) is 11.7. The fourth-order valence-corrected chi connectivity index (χ4v) is 6.58. The zero-order valence-electron chi connectivity index (χ0n) is 21.5. The molecule has 1 saturated carbocycles. The molecular weight excluding hydrogens is 487 g/mol. The molecule has 0 radical (unpaired) electrons. The molecule has 198 valence electrons. The van der Waals surface area contributed by atoms with Crippen LogP contribution in [0.3, 0.4) is 0 Å². The van der Waals surface area contributed by atoms with Gasteiger partial charge >= 0.3 is 5.97 Å². The highest BCUT2D eigenvalue weighted by Crippen LogP contribution is 2.53. The van der Waals surface area contributed by atoms with E-state index in [4.69, 9.17) is 9.47 Å². The van der Waals surface area contributed by atoms with Crippen molar-refractivity contribution in [2.45, 2.75) is 63.4 Å². The third-order valence-corrected chi connectivity index (χ3v) is 8.25. The summed E-state index contributed by atoms with van der Waals surface area (Å²) in [6.07, 6.45) is 5.23. The molecule has 3 aliphatic heterocycles. The lowest BCUT2D eigenvalue weighted by Crippen LogP contribution is -2.43. The molecule has 1 spiro atoms. The maximum absolute atomic E-state index is 14.8. The molecule has 2 bridgehead atoms. The standard InChI is InChI=1S/C30H31FN2O5/c1-17-13-18(2)15-20(14-17)33-16-30-12-11-23(38-30)24(25(30)28(33)35)29(36)37-26(21-9-5-6-10-22(21)31)27(34)32-19-7-3-4-8-19/h5-6,9-15,19,23-26H,3-4,7-8,16H2,1-2H3,(H,32,34)/t23-,24-,25+,26-,30-/m0/s1. The van der Waals surface area contributed by atoms with E-state index in [0.717, 1.165) is 42.5 Å². The van der Waals surface area contributed by atoms with Crippen molar-refractivity contribution in [2.24, 2.45) is 11.8 Å². The van der Waals surface area contributed by atoms with Crippen molar-refractivity contribution in [3.05, 3.63) is 77.1 Å². The Bertz CT molecular complexity index is 1320. The van der Waals surface area contributed by atoms with Gasteiger partial charge in [-0.15, -0.1) is 0 Å². The van der Waals surface area contributed by atoms with Gasteiger partial charge in [-0.2, -0.15) is 0 Å². The summed E-state index contributed by atoms with van der Waals surface area (Å²) < 4.78 is 26.8. The van der Waals surface area contributed by atoms with E-state index in [1.54, 1.807) is 17.0 Å². The van der Waals surface area contributed by atoms with E-state index in [2.05, 4.69) is 5.32 Å². The first-order valence-electron chi connectivity index (χ1n) is 13.3. The number of hydrogen-bond acceptors (Lipinski definition) is 5. The van der Waals surface area contributed by atoms with E-state index in [1.807, 2.05) is 38.1 Å². The zero-order valence-corrected chi connectivity index (χ0v) is 21.5. The van der Waals surface area contributed by atoms with Crippen LogP contribution in [0.4, 0.5) is 10.1 Å². The van der Waals surface area contributed by atoms with E-state index in [9.17, 15) is 18.8 Å². The Labute approximate surface area is 221 Å². The van der Waals surface area contributed by atoms with Gasteiger partial charge in [0.25, 0.3) is 5.91 Å². The number of halogens is 1. The Balaban J connectivity index is 1.28. The minimum absolute atomic E-state index is 0.0136. The molecule has 3 heterocycles. The Morgan fingerprint density at radius 3 is 2.55 bits per heavy atom. The number of fused-ring (bicyclic) bond motifs is 1. The van der Waals surface area contributed by atoms with Crippen LogP contribution in [0.15, 0.2) is 54.6 Å². The van der Waals surface area contributed by atoms with Gasteiger partial charge in [0.05, 0.1) is 18.6 Å². The third-order valence-electron chi connectivity index (χ3n) is 8.25. The summed E-state index contributed by atoms with van der Waals surface area (Å²) in [7, 11) is 0. The predicted octanol–water partition coefficient (Wildman–Crippen LogP) is 4.07. The molecule has 3 fully saturated rings. The molecule has 2 aromatic rings. The minimum Gasteiger partial charge on any atom is -0.447 e. The Kier molecular flexibility index (Phi) is 6.10. The summed E-state index contributed by atoms with van der Waals surface area (Å²) in [6.45, 7) is 4.23. The number of ether oxygens (including phenoxy) is 2. The number of carbonyl (C=O) groups excluding carboxylic acids is 3. The number of carbonyl (C=O) groups is 3. The van der Waals surface area contributed by atoms with Gasteiger partial charge in [-0.1, -0.05) is 49.3 Å². The second-order valence-corrected chi connectivity index (χ2v) is 11.0. The highest BCUT2D eigenvalue weighted by molar-refractivity contribution is 6.03. The third kappa shape index (κ3) is 4.11. The topological polar surface area (TPSA) is 84.9 Å². The van der Waals surface area contributed by atoms with Crippen molar-refractivity contribution in [3.63, 3.8) is 0 Å². The van der Waals surface area contributed by atoms with Crippen molar-refractivity contribution in [1.82, 2.24) is 5.32 Å². The molecular formula is C30H31FN2O5. The van der Waals surface area contributed by atoms with Gasteiger partial charge < -0.3 is 19.7 Å². The van der Waals surface area contributed by atoms with Crippen molar-refractivity contribution in [1.29, 1.82) is 0 Å². The van der Waals surface area contributed by atoms with Gasteiger partial charge in [0.2, 0.25) is 12.0 Å².